The van der Waals surface area contributed by atoms with E-state index in [9.17, 15) is 9.18 Å². The van der Waals surface area contributed by atoms with Gasteiger partial charge in [-0.3, -0.25) is 4.79 Å². The lowest BCUT2D eigenvalue weighted by Crippen LogP contribution is -2.39. The van der Waals surface area contributed by atoms with Gasteiger partial charge >= 0.3 is 0 Å². The fourth-order valence-electron chi connectivity index (χ4n) is 3.09. The molecule has 1 fully saturated rings. The number of rotatable bonds is 4. The molecule has 116 valence electrons. The molecule has 21 heavy (non-hydrogen) atoms. The van der Waals surface area contributed by atoms with Crippen molar-refractivity contribution < 1.29 is 9.18 Å². The zero-order chi connectivity index (χ0) is 15.5. The van der Waals surface area contributed by atoms with Crippen LogP contribution in [-0.4, -0.2) is 16.9 Å². The van der Waals surface area contributed by atoms with E-state index in [-0.39, 0.29) is 11.9 Å². The van der Waals surface area contributed by atoms with Crippen LogP contribution in [0.25, 0.3) is 0 Å². The van der Waals surface area contributed by atoms with Crippen LogP contribution >= 0.6 is 0 Å². The highest BCUT2D eigenvalue weighted by atomic mass is 19.1. The molecule has 0 radical (unpaired) electrons. The van der Waals surface area contributed by atoms with Crippen LogP contribution in [0.1, 0.15) is 63.2 Å². The first-order chi connectivity index (χ1) is 9.92. The summed E-state index contributed by atoms with van der Waals surface area (Å²) in [6.07, 6.45) is 6.84. The quantitative estimate of drug-likeness (QED) is 0.854. The van der Waals surface area contributed by atoms with Gasteiger partial charge in [0.1, 0.15) is 0 Å². The summed E-state index contributed by atoms with van der Waals surface area (Å²) in [4.78, 5) is 15.6. The summed E-state index contributed by atoms with van der Waals surface area (Å²) in [7, 11) is 0. The van der Waals surface area contributed by atoms with Crippen molar-refractivity contribution in [2.45, 2.75) is 58.9 Å². The van der Waals surface area contributed by atoms with Crippen LogP contribution in [0.5, 0.6) is 0 Å². The van der Waals surface area contributed by atoms with Crippen LogP contribution in [-0.2, 0) is 0 Å². The predicted octanol–water partition coefficient (Wildman–Crippen LogP) is 3.95. The van der Waals surface area contributed by atoms with Crippen LogP contribution in [0, 0.1) is 17.3 Å². The number of halogens is 1. The third kappa shape index (κ3) is 4.02. The SMILES string of the molecule is CCC(C)(C)C1CCC(NC(=O)c2ccc(F)nc2)CC1. The third-order valence-electron chi connectivity index (χ3n) is 5.07. The lowest BCUT2D eigenvalue weighted by Gasteiger charge is -2.39. The highest BCUT2D eigenvalue weighted by Gasteiger charge is 2.32. The van der Waals surface area contributed by atoms with Crippen molar-refractivity contribution in [3.05, 3.63) is 29.8 Å². The van der Waals surface area contributed by atoms with Gasteiger partial charge in [0.15, 0.2) is 0 Å². The van der Waals surface area contributed by atoms with Gasteiger partial charge in [0.2, 0.25) is 5.95 Å². The maximum atomic E-state index is 12.8. The molecular formula is C17H25FN2O. The van der Waals surface area contributed by atoms with Crippen LogP contribution in [0.15, 0.2) is 18.3 Å². The topological polar surface area (TPSA) is 42.0 Å². The standard InChI is InChI=1S/C17H25FN2O/c1-4-17(2,3)13-6-8-14(9-7-13)20-16(21)12-5-10-15(18)19-11-12/h5,10-11,13-14H,4,6-9H2,1-3H3,(H,20,21). The molecule has 1 aromatic heterocycles. The lowest BCUT2D eigenvalue weighted by molar-refractivity contribution is 0.0893. The zero-order valence-corrected chi connectivity index (χ0v) is 13.2. The molecule has 0 saturated heterocycles. The van der Waals surface area contributed by atoms with E-state index in [4.69, 9.17) is 0 Å². The summed E-state index contributed by atoms with van der Waals surface area (Å²) in [5.74, 6) is 0.0256. The van der Waals surface area contributed by atoms with Crippen LogP contribution in [0.2, 0.25) is 0 Å². The van der Waals surface area contributed by atoms with E-state index in [2.05, 4.69) is 31.1 Å². The second-order valence-corrected chi connectivity index (χ2v) is 6.73. The van der Waals surface area contributed by atoms with Gasteiger partial charge in [0.25, 0.3) is 5.91 Å². The Balaban J connectivity index is 1.86. The first kappa shape index (κ1) is 15.9. The number of pyridine rings is 1. The average molecular weight is 292 g/mol. The number of amides is 1. The van der Waals surface area contributed by atoms with Crippen molar-refractivity contribution in [2.75, 3.05) is 0 Å². The molecule has 1 saturated carbocycles. The first-order valence-corrected chi connectivity index (χ1v) is 7.85. The van der Waals surface area contributed by atoms with Crippen LogP contribution in [0.3, 0.4) is 0 Å². The molecule has 0 bridgehead atoms. The van der Waals surface area contributed by atoms with Crippen molar-refractivity contribution in [1.29, 1.82) is 0 Å². The smallest absolute Gasteiger partial charge is 0.253 e. The van der Waals surface area contributed by atoms with Crippen LogP contribution in [0.4, 0.5) is 4.39 Å². The summed E-state index contributed by atoms with van der Waals surface area (Å²) in [5, 5.41) is 3.04. The van der Waals surface area contributed by atoms with Gasteiger partial charge < -0.3 is 5.32 Å². The summed E-state index contributed by atoms with van der Waals surface area (Å²) in [6, 6.07) is 2.92. The fourth-order valence-corrected chi connectivity index (χ4v) is 3.09. The Morgan fingerprint density at radius 3 is 2.52 bits per heavy atom. The monoisotopic (exact) mass is 292 g/mol. The number of nitrogens with one attached hydrogen (secondary N) is 1. The Bertz CT molecular complexity index is 476. The van der Waals surface area contributed by atoms with Crippen molar-refractivity contribution in [2.24, 2.45) is 11.3 Å². The summed E-state index contributed by atoms with van der Waals surface area (Å²) >= 11 is 0. The molecule has 1 amide bonds. The lowest BCUT2D eigenvalue weighted by atomic mass is 9.69. The minimum absolute atomic E-state index is 0.152. The molecule has 1 heterocycles. The van der Waals surface area contributed by atoms with Gasteiger partial charge in [-0.15, -0.1) is 0 Å². The molecule has 1 aliphatic rings. The number of carbonyl (C=O) groups excluding carboxylic acids is 1. The normalized spacial score (nSPS) is 22.9. The van der Waals surface area contributed by atoms with Gasteiger partial charge in [0, 0.05) is 12.2 Å². The molecule has 1 aromatic rings. The largest absolute Gasteiger partial charge is 0.349 e. The van der Waals surface area contributed by atoms with E-state index in [0.717, 1.165) is 31.6 Å². The first-order valence-electron chi connectivity index (χ1n) is 7.85. The average Bonchev–Trinajstić information content (AvgIpc) is 2.48. The number of hydrogen-bond donors (Lipinski definition) is 1. The maximum absolute atomic E-state index is 12.8. The highest BCUT2D eigenvalue weighted by Crippen LogP contribution is 2.40. The van der Waals surface area contributed by atoms with Crippen molar-refractivity contribution in [3.63, 3.8) is 0 Å². The molecule has 0 spiro atoms. The third-order valence-corrected chi connectivity index (χ3v) is 5.07. The highest BCUT2D eigenvalue weighted by molar-refractivity contribution is 5.94. The van der Waals surface area contributed by atoms with E-state index in [0.29, 0.717) is 11.0 Å². The van der Waals surface area contributed by atoms with Crippen LogP contribution < -0.4 is 5.32 Å². The van der Waals surface area contributed by atoms with E-state index in [1.165, 1.54) is 24.8 Å². The van der Waals surface area contributed by atoms with E-state index in [1.54, 1.807) is 0 Å². The molecule has 1 aliphatic carbocycles. The molecule has 1 N–H and O–H groups in total. The minimum atomic E-state index is -0.561. The number of aromatic nitrogens is 1. The van der Waals surface area contributed by atoms with Crippen molar-refractivity contribution in [3.8, 4) is 0 Å². The van der Waals surface area contributed by atoms with E-state index in [1.807, 2.05) is 0 Å². The maximum Gasteiger partial charge on any atom is 0.253 e. The molecule has 0 aliphatic heterocycles. The Kier molecular flexibility index (Phi) is 4.96. The second-order valence-electron chi connectivity index (χ2n) is 6.73. The molecule has 0 aromatic carbocycles. The molecule has 4 heteroatoms. The Labute approximate surface area is 126 Å². The Morgan fingerprint density at radius 2 is 2.00 bits per heavy atom. The van der Waals surface area contributed by atoms with Gasteiger partial charge in [-0.1, -0.05) is 27.2 Å². The second kappa shape index (κ2) is 6.54. The van der Waals surface area contributed by atoms with Gasteiger partial charge in [-0.2, -0.15) is 4.39 Å². The molecule has 0 atom stereocenters. The number of carbonyl (C=O) groups is 1. The molecule has 0 unspecified atom stereocenters. The molecule has 2 rings (SSSR count). The zero-order valence-electron chi connectivity index (χ0n) is 13.2. The Morgan fingerprint density at radius 1 is 1.33 bits per heavy atom. The van der Waals surface area contributed by atoms with Gasteiger partial charge in [-0.25, -0.2) is 4.98 Å². The summed E-state index contributed by atoms with van der Waals surface area (Å²) < 4.78 is 12.8. The van der Waals surface area contributed by atoms with E-state index >= 15 is 0 Å². The number of nitrogens with zero attached hydrogens (tertiary/aromatic N) is 1. The Hall–Kier alpha value is -1.45. The summed E-state index contributed by atoms with van der Waals surface area (Å²) in [5.41, 5.74) is 0.808. The van der Waals surface area contributed by atoms with Crippen molar-refractivity contribution in [1.82, 2.24) is 10.3 Å². The molecular weight excluding hydrogens is 267 g/mol. The van der Waals surface area contributed by atoms with Gasteiger partial charge in [0.05, 0.1) is 5.56 Å². The van der Waals surface area contributed by atoms with Gasteiger partial charge in [-0.05, 0) is 49.1 Å². The number of hydrogen-bond acceptors (Lipinski definition) is 2. The fraction of sp³-hybridized carbons (Fsp3) is 0.647. The summed E-state index contributed by atoms with van der Waals surface area (Å²) in [6.45, 7) is 6.91. The molecule has 3 nitrogen and oxygen atoms in total. The predicted molar refractivity (Wildman–Crippen MR) is 81.5 cm³/mol. The van der Waals surface area contributed by atoms with E-state index < -0.39 is 5.95 Å². The minimum Gasteiger partial charge on any atom is -0.349 e. The van der Waals surface area contributed by atoms with Crippen molar-refractivity contribution >= 4 is 5.91 Å².